The number of benzene rings is 1. The van der Waals surface area contributed by atoms with Gasteiger partial charge in [-0.1, -0.05) is 23.2 Å². The molecule has 1 amide bonds. The Morgan fingerprint density at radius 1 is 1.09 bits per heavy atom. The molecular formula is C16H18Cl2N4O. The molecule has 0 spiro atoms. The summed E-state index contributed by atoms with van der Waals surface area (Å²) in [4.78, 5) is 20.7. The van der Waals surface area contributed by atoms with Crippen molar-refractivity contribution >= 4 is 40.6 Å². The first-order chi connectivity index (χ1) is 10.6. The van der Waals surface area contributed by atoms with Crippen LogP contribution in [0.2, 0.25) is 10.0 Å². The summed E-state index contributed by atoms with van der Waals surface area (Å²) < 4.78 is 0. The zero-order valence-corrected chi connectivity index (χ0v) is 14.9. The zero-order valence-electron chi connectivity index (χ0n) is 13.4. The molecule has 0 saturated carbocycles. The van der Waals surface area contributed by atoms with Gasteiger partial charge in [-0.25, -0.2) is 9.97 Å². The maximum atomic E-state index is 12.2. The van der Waals surface area contributed by atoms with Crippen LogP contribution in [0, 0.1) is 6.92 Å². The molecule has 0 unspecified atom stereocenters. The number of halogens is 2. The standard InChI is InChI=1S/C16H18Cl2N4O/c1-9-19-13(15(23)22-16(2,3)4)8-14(20-9)21-10-5-6-11(17)12(18)7-10/h5-8H,1-4H3,(H,22,23)(H,19,20,21). The normalized spacial score (nSPS) is 11.2. The highest BCUT2D eigenvalue weighted by atomic mass is 35.5. The molecule has 2 N–H and O–H groups in total. The van der Waals surface area contributed by atoms with Crippen molar-refractivity contribution in [2.75, 3.05) is 5.32 Å². The Morgan fingerprint density at radius 2 is 1.78 bits per heavy atom. The molecular weight excluding hydrogens is 335 g/mol. The lowest BCUT2D eigenvalue weighted by atomic mass is 10.1. The molecule has 1 aromatic carbocycles. The number of hydrogen-bond donors (Lipinski definition) is 2. The second-order valence-electron chi connectivity index (χ2n) is 6.14. The summed E-state index contributed by atoms with van der Waals surface area (Å²) in [5.74, 6) is 0.754. The number of anilines is 2. The SMILES string of the molecule is Cc1nc(Nc2ccc(Cl)c(Cl)c2)cc(C(=O)NC(C)(C)C)n1. The third-order valence-electron chi connectivity index (χ3n) is 2.75. The highest BCUT2D eigenvalue weighted by Crippen LogP contribution is 2.26. The van der Waals surface area contributed by atoms with E-state index in [1.807, 2.05) is 20.8 Å². The Bertz CT molecular complexity index is 741. The van der Waals surface area contributed by atoms with Gasteiger partial charge in [0.2, 0.25) is 0 Å². The number of amides is 1. The molecule has 0 radical (unpaired) electrons. The predicted octanol–water partition coefficient (Wildman–Crippen LogP) is 4.36. The van der Waals surface area contributed by atoms with Crippen molar-refractivity contribution in [3.8, 4) is 0 Å². The number of aromatic nitrogens is 2. The van der Waals surface area contributed by atoms with E-state index < -0.39 is 0 Å². The molecule has 0 saturated heterocycles. The van der Waals surface area contributed by atoms with E-state index in [1.165, 1.54) is 0 Å². The quantitative estimate of drug-likeness (QED) is 0.860. The number of nitrogens with one attached hydrogen (secondary N) is 2. The first-order valence-corrected chi connectivity index (χ1v) is 7.80. The number of carbonyl (C=O) groups is 1. The Kier molecular flexibility index (Phi) is 5.12. The van der Waals surface area contributed by atoms with Gasteiger partial charge in [0.05, 0.1) is 10.0 Å². The largest absolute Gasteiger partial charge is 0.346 e. The van der Waals surface area contributed by atoms with Crippen LogP contribution >= 0.6 is 23.2 Å². The molecule has 0 aliphatic carbocycles. The summed E-state index contributed by atoms with van der Waals surface area (Å²) in [6.45, 7) is 7.46. The second-order valence-corrected chi connectivity index (χ2v) is 6.96. The van der Waals surface area contributed by atoms with Crippen LogP contribution in [-0.4, -0.2) is 21.4 Å². The average Bonchev–Trinajstić information content (AvgIpc) is 2.40. The van der Waals surface area contributed by atoms with E-state index in [0.29, 0.717) is 27.4 Å². The van der Waals surface area contributed by atoms with Crippen LogP contribution in [0.25, 0.3) is 0 Å². The minimum atomic E-state index is -0.340. The monoisotopic (exact) mass is 352 g/mol. The molecule has 2 rings (SSSR count). The average molecular weight is 353 g/mol. The number of rotatable bonds is 3. The smallest absolute Gasteiger partial charge is 0.270 e. The number of nitrogens with zero attached hydrogens (tertiary/aromatic N) is 2. The zero-order chi connectivity index (χ0) is 17.2. The summed E-state index contributed by atoms with van der Waals surface area (Å²) >= 11 is 11.9. The molecule has 23 heavy (non-hydrogen) atoms. The van der Waals surface area contributed by atoms with Gasteiger partial charge in [-0.15, -0.1) is 0 Å². The van der Waals surface area contributed by atoms with Gasteiger partial charge in [-0.3, -0.25) is 4.79 Å². The molecule has 0 bridgehead atoms. The predicted molar refractivity (Wildman–Crippen MR) is 93.7 cm³/mol. The van der Waals surface area contributed by atoms with Gasteiger partial charge >= 0.3 is 0 Å². The summed E-state index contributed by atoms with van der Waals surface area (Å²) in [7, 11) is 0. The Balaban J connectivity index is 2.26. The van der Waals surface area contributed by atoms with Crippen LogP contribution in [0.15, 0.2) is 24.3 Å². The van der Waals surface area contributed by atoms with Gasteiger partial charge in [0.1, 0.15) is 17.3 Å². The highest BCUT2D eigenvalue weighted by molar-refractivity contribution is 6.42. The lowest BCUT2D eigenvalue weighted by Gasteiger charge is -2.20. The van der Waals surface area contributed by atoms with Gasteiger partial charge in [0.15, 0.2) is 0 Å². The topological polar surface area (TPSA) is 66.9 Å². The van der Waals surface area contributed by atoms with Crippen molar-refractivity contribution in [3.05, 3.63) is 45.8 Å². The Morgan fingerprint density at radius 3 is 2.39 bits per heavy atom. The van der Waals surface area contributed by atoms with Crippen molar-refractivity contribution in [2.45, 2.75) is 33.2 Å². The maximum Gasteiger partial charge on any atom is 0.270 e. The molecule has 7 heteroatoms. The first-order valence-electron chi connectivity index (χ1n) is 7.04. The maximum absolute atomic E-state index is 12.2. The van der Waals surface area contributed by atoms with Crippen molar-refractivity contribution in [3.63, 3.8) is 0 Å². The molecule has 0 aliphatic heterocycles. The van der Waals surface area contributed by atoms with E-state index >= 15 is 0 Å². The van der Waals surface area contributed by atoms with E-state index in [4.69, 9.17) is 23.2 Å². The molecule has 0 aliphatic rings. The Labute approximate surface area is 145 Å². The fraction of sp³-hybridized carbons (Fsp3) is 0.312. The van der Waals surface area contributed by atoms with Gasteiger partial charge in [-0.05, 0) is 45.9 Å². The molecule has 122 valence electrons. The summed E-state index contributed by atoms with van der Waals surface area (Å²) in [6.07, 6.45) is 0. The molecule has 1 heterocycles. The fourth-order valence-corrected chi connectivity index (χ4v) is 2.17. The van der Waals surface area contributed by atoms with Gasteiger partial charge < -0.3 is 10.6 Å². The van der Waals surface area contributed by atoms with Crippen molar-refractivity contribution in [1.29, 1.82) is 0 Å². The highest BCUT2D eigenvalue weighted by Gasteiger charge is 2.17. The van der Waals surface area contributed by atoms with Crippen LogP contribution in [0.5, 0.6) is 0 Å². The van der Waals surface area contributed by atoms with Crippen LogP contribution in [0.1, 0.15) is 37.1 Å². The van der Waals surface area contributed by atoms with E-state index in [9.17, 15) is 4.79 Å². The third kappa shape index (κ3) is 5.08. The minimum absolute atomic E-state index is 0.250. The van der Waals surface area contributed by atoms with Crippen molar-refractivity contribution in [1.82, 2.24) is 15.3 Å². The van der Waals surface area contributed by atoms with Crippen LogP contribution < -0.4 is 10.6 Å². The fourth-order valence-electron chi connectivity index (χ4n) is 1.87. The van der Waals surface area contributed by atoms with Crippen LogP contribution in [0.4, 0.5) is 11.5 Å². The molecule has 0 fully saturated rings. The number of carbonyl (C=O) groups excluding carboxylic acids is 1. The van der Waals surface area contributed by atoms with Gasteiger partial charge in [0.25, 0.3) is 5.91 Å². The van der Waals surface area contributed by atoms with E-state index in [0.717, 1.165) is 5.69 Å². The van der Waals surface area contributed by atoms with Gasteiger partial charge in [-0.2, -0.15) is 0 Å². The Hall–Kier alpha value is -1.85. The second kappa shape index (κ2) is 6.72. The number of aryl methyl sites for hydroxylation is 1. The number of hydrogen-bond acceptors (Lipinski definition) is 4. The van der Waals surface area contributed by atoms with Crippen molar-refractivity contribution < 1.29 is 4.79 Å². The molecule has 5 nitrogen and oxygen atoms in total. The van der Waals surface area contributed by atoms with Crippen LogP contribution in [-0.2, 0) is 0 Å². The van der Waals surface area contributed by atoms with E-state index in [2.05, 4.69) is 20.6 Å². The first kappa shape index (κ1) is 17.5. The van der Waals surface area contributed by atoms with E-state index in [-0.39, 0.29) is 11.4 Å². The summed E-state index contributed by atoms with van der Waals surface area (Å²) in [6, 6.07) is 6.75. The third-order valence-corrected chi connectivity index (χ3v) is 3.49. The minimum Gasteiger partial charge on any atom is -0.346 e. The molecule has 2 aromatic rings. The summed E-state index contributed by atoms with van der Waals surface area (Å²) in [5, 5.41) is 6.88. The lowest BCUT2D eigenvalue weighted by Crippen LogP contribution is -2.41. The lowest BCUT2D eigenvalue weighted by molar-refractivity contribution is 0.0914. The molecule has 0 atom stereocenters. The van der Waals surface area contributed by atoms with E-state index in [1.54, 1.807) is 31.2 Å². The van der Waals surface area contributed by atoms with Crippen molar-refractivity contribution in [2.24, 2.45) is 0 Å². The van der Waals surface area contributed by atoms with Crippen LogP contribution in [0.3, 0.4) is 0 Å². The molecule has 1 aromatic heterocycles. The summed E-state index contributed by atoms with van der Waals surface area (Å²) in [5.41, 5.74) is 0.683. The van der Waals surface area contributed by atoms with Gasteiger partial charge in [0, 0.05) is 17.3 Å².